The third-order valence-corrected chi connectivity index (χ3v) is 5.34. The molecule has 0 amide bonds. The van der Waals surface area contributed by atoms with Crippen LogP contribution in [-0.4, -0.2) is 36.1 Å². The van der Waals surface area contributed by atoms with E-state index in [4.69, 9.17) is 0 Å². The molecule has 1 saturated carbocycles. The van der Waals surface area contributed by atoms with Gasteiger partial charge in [0.15, 0.2) is 0 Å². The van der Waals surface area contributed by atoms with E-state index in [1.54, 1.807) is 0 Å². The topological polar surface area (TPSA) is 15.3 Å². The van der Waals surface area contributed by atoms with E-state index in [1.165, 1.54) is 64.5 Å². The van der Waals surface area contributed by atoms with Gasteiger partial charge in [0.1, 0.15) is 0 Å². The maximum absolute atomic E-state index is 3.73. The average molecular weight is 266 g/mol. The molecule has 1 aliphatic carbocycles. The van der Waals surface area contributed by atoms with Crippen LogP contribution in [0.4, 0.5) is 0 Å². The number of fused-ring (bicyclic) bond motifs is 1. The molecule has 112 valence electrons. The Morgan fingerprint density at radius 2 is 1.84 bits per heavy atom. The van der Waals surface area contributed by atoms with Crippen molar-refractivity contribution >= 4 is 0 Å². The first-order chi connectivity index (χ1) is 9.22. The van der Waals surface area contributed by atoms with Crippen molar-refractivity contribution in [2.75, 3.05) is 13.1 Å². The molecule has 0 aromatic heterocycles. The highest BCUT2D eigenvalue weighted by Gasteiger charge is 2.35. The molecule has 0 radical (unpaired) electrons. The summed E-state index contributed by atoms with van der Waals surface area (Å²) in [6, 6.07) is 2.30. The zero-order chi connectivity index (χ0) is 13.7. The summed E-state index contributed by atoms with van der Waals surface area (Å²) < 4.78 is 0. The maximum Gasteiger partial charge on any atom is 0.0195 e. The molecule has 2 aliphatic rings. The van der Waals surface area contributed by atoms with Gasteiger partial charge in [0, 0.05) is 24.7 Å². The first-order valence-electron chi connectivity index (χ1n) is 8.71. The fourth-order valence-electron chi connectivity index (χ4n) is 4.23. The van der Waals surface area contributed by atoms with Crippen LogP contribution in [0, 0.1) is 5.92 Å². The number of nitrogens with one attached hydrogen (secondary N) is 1. The van der Waals surface area contributed by atoms with Crippen molar-refractivity contribution in [1.82, 2.24) is 10.2 Å². The first kappa shape index (κ1) is 15.3. The Morgan fingerprint density at radius 1 is 1.11 bits per heavy atom. The molecular formula is C17H34N2. The highest BCUT2D eigenvalue weighted by Crippen LogP contribution is 2.36. The molecule has 19 heavy (non-hydrogen) atoms. The van der Waals surface area contributed by atoms with Crippen molar-refractivity contribution in [2.24, 2.45) is 5.92 Å². The van der Waals surface area contributed by atoms with E-state index < -0.39 is 0 Å². The van der Waals surface area contributed by atoms with E-state index in [2.05, 4.69) is 31.0 Å². The molecule has 1 heterocycles. The molecule has 1 aliphatic heterocycles. The SMILES string of the molecule is CCCC(C)NCC(C)N1CCC[C@H]2CCCC[C@H]21. The van der Waals surface area contributed by atoms with Crippen molar-refractivity contribution in [2.45, 2.75) is 90.3 Å². The van der Waals surface area contributed by atoms with Gasteiger partial charge < -0.3 is 5.32 Å². The second-order valence-corrected chi connectivity index (χ2v) is 6.94. The van der Waals surface area contributed by atoms with E-state index >= 15 is 0 Å². The summed E-state index contributed by atoms with van der Waals surface area (Å²) in [6.45, 7) is 9.55. The van der Waals surface area contributed by atoms with Gasteiger partial charge in [-0.3, -0.25) is 4.90 Å². The van der Waals surface area contributed by atoms with E-state index in [0.29, 0.717) is 12.1 Å². The quantitative estimate of drug-likeness (QED) is 0.786. The van der Waals surface area contributed by atoms with Gasteiger partial charge in [-0.2, -0.15) is 0 Å². The van der Waals surface area contributed by atoms with Gasteiger partial charge >= 0.3 is 0 Å². The second kappa shape index (κ2) is 7.64. The third kappa shape index (κ3) is 4.19. The predicted octanol–water partition coefficient (Wildman–Crippen LogP) is 3.81. The Balaban J connectivity index is 1.81. The Bertz CT molecular complexity index is 252. The lowest BCUT2D eigenvalue weighted by Gasteiger charge is -2.47. The highest BCUT2D eigenvalue weighted by molar-refractivity contribution is 4.90. The zero-order valence-electron chi connectivity index (χ0n) is 13.3. The molecule has 0 bridgehead atoms. The molecule has 0 spiro atoms. The third-order valence-electron chi connectivity index (χ3n) is 5.34. The minimum Gasteiger partial charge on any atom is -0.313 e. The summed E-state index contributed by atoms with van der Waals surface area (Å²) in [7, 11) is 0. The molecule has 2 nitrogen and oxygen atoms in total. The predicted molar refractivity (Wildman–Crippen MR) is 83.5 cm³/mol. The summed E-state index contributed by atoms with van der Waals surface area (Å²) >= 11 is 0. The lowest BCUT2D eigenvalue weighted by Crippen LogP contribution is -2.53. The summed E-state index contributed by atoms with van der Waals surface area (Å²) in [4.78, 5) is 2.83. The van der Waals surface area contributed by atoms with Gasteiger partial charge in [-0.25, -0.2) is 0 Å². The van der Waals surface area contributed by atoms with Gasteiger partial charge in [0.2, 0.25) is 0 Å². The second-order valence-electron chi connectivity index (χ2n) is 6.94. The summed E-state index contributed by atoms with van der Waals surface area (Å²) in [5.74, 6) is 1.01. The number of likely N-dealkylation sites (tertiary alicyclic amines) is 1. The minimum atomic E-state index is 0.680. The number of hydrogen-bond acceptors (Lipinski definition) is 2. The Labute approximate surface area is 120 Å². The number of nitrogens with zero attached hydrogens (tertiary/aromatic N) is 1. The molecule has 1 N–H and O–H groups in total. The monoisotopic (exact) mass is 266 g/mol. The lowest BCUT2D eigenvalue weighted by molar-refractivity contribution is 0.0308. The largest absolute Gasteiger partial charge is 0.313 e. The fraction of sp³-hybridized carbons (Fsp3) is 1.00. The molecular weight excluding hydrogens is 232 g/mol. The number of piperidine rings is 1. The van der Waals surface area contributed by atoms with Crippen LogP contribution in [-0.2, 0) is 0 Å². The van der Waals surface area contributed by atoms with Gasteiger partial charge in [-0.05, 0) is 58.4 Å². The van der Waals surface area contributed by atoms with Crippen molar-refractivity contribution in [3.05, 3.63) is 0 Å². The molecule has 2 unspecified atom stereocenters. The first-order valence-corrected chi connectivity index (χ1v) is 8.71. The maximum atomic E-state index is 3.73. The Kier molecular flexibility index (Phi) is 6.15. The Morgan fingerprint density at radius 3 is 2.63 bits per heavy atom. The zero-order valence-corrected chi connectivity index (χ0v) is 13.3. The minimum absolute atomic E-state index is 0.680. The van der Waals surface area contributed by atoms with E-state index in [1.807, 2.05) is 0 Å². The van der Waals surface area contributed by atoms with Crippen LogP contribution in [0.3, 0.4) is 0 Å². The molecule has 2 rings (SSSR count). The number of hydrogen-bond donors (Lipinski definition) is 1. The van der Waals surface area contributed by atoms with E-state index in [-0.39, 0.29) is 0 Å². The summed E-state index contributed by atoms with van der Waals surface area (Å²) in [6.07, 6.45) is 11.4. The molecule has 0 aromatic carbocycles. The molecule has 0 aromatic rings. The van der Waals surface area contributed by atoms with E-state index in [0.717, 1.165) is 12.0 Å². The van der Waals surface area contributed by atoms with Crippen LogP contribution >= 0.6 is 0 Å². The van der Waals surface area contributed by atoms with Crippen molar-refractivity contribution < 1.29 is 0 Å². The van der Waals surface area contributed by atoms with Crippen LogP contribution in [0.1, 0.15) is 72.1 Å². The molecule has 2 heteroatoms. The van der Waals surface area contributed by atoms with Gasteiger partial charge in [-0.15, -0.1) is 0 Å². The van der Waals surface area contributed by atoms with Crippen LogP contribution in [0.15, 0.2) is 0 Å². The number of rotatable bonds is 6. The fourth-order valence-corrected chi connectivity index (χ4v) is 4.23. The normalized spacial score (nSPS) is 31.7. The van der Waals surface area contributed by atoms with Crippen molar-refractivity contribution in [3.63, 3.8) is 0 Å². The standard InChI is InChI=1S/C17H34N2/c1-4-8-14(2)18-13-15(3)19-12-7-10-16-9-5-6-11-17(16)19/h14-18H,4-13H2,1-3H3/t14?,15?,16-,17-/m1/s1. The van der Waals surface area contributed by atoms with Crippen LogP contribution in [0.2, 0.25) is 0 Å². The summed E-state index contributed by atoms with van der Waals surface area (Å²) in [5, 5.41) is 3.73. The highest BCUT2D eigenvalue weighted by atomic mass is 15.2. The molecule has 2 fully saturated rings. The molecule has 1 saturated heterocycles. The van der Waals surface area contributed by atoms with Gasteiger partial charge in [-0.1, -0.05) is 26.2 Å². The van der Waals surface area contributed by atoms with Crippen molar-refractivity contribution in [1.29, 1.82) is 0 Å². The summed E-state index contributed by atoms with van der Waals surface area (Å²) in [5.41, 5.74) is 0. The molecule has 4 atom stereocenters. The van der Waals surface area contributed by atoms with Crippen LogP contribution in [0.5, 0.6) is 0 Å². The van der Waals surface area contributed by atoms with E-state index in [9.17, 15) is 0 Å². The van der Waals surface area contributed by atoms with Crippen molar-refractivity contribution in [3.8, 4) is 0 Å². The smallest absolute Gasteiger partial charge is 0.0195 e. The van der Waals surface area contributed by atoms with Gasteiger partial charge in [0.25, 0.3) is 0 Å². The average Bonchev–Trinajstić information content (AvgIpc) is 2.44. The Hall–Kier alpha value is -0.0800. The van der Waals surface area contributed by atoms with Crippen LogP contribution < -0.4 is 5.32 Å². The van der Waals surface area contributed by atoms with Gasteiger partial charge in [0.05, 0.1) is 0 Å². The lowest BCUT2D eigenvalue weighted by atomic mass is 9.78. The van der Waals surface area contributed by atoms with Crippen LogP contribution in [0.25, 0.3) is 0 Å².